The van der Waals surface area contributed by atoms with E-state index >= 15 is 0 Å². The lowest BCUT2D eigenvalue weighted by Crippen LogP contribution is -2.22. The van der Waals surface area contributed by atoms with E-state index in [1.807, 2.05) is 43.4 Å². The number of halogens is 1. The molecule has 0 aliphatic carbocycles. The summed E-state index contributed by atoms with van der Waals surface area (Å²) < 4.78 is 12.4. The highest BCUT2D eigenvalue weighted by molar-refractivity contribution is 9.10. The molecule has 0 spiro atoms. The molecule has 25 heavy (non-hydrogen) atoms. The molecular formula is C19H22BrN3O2. The molecule has 5 nitrogen and oxygen atoms in total. The molecule has 0 saturated carbocycles. The first-order valence-corrected chi connectivity index (χ1v) is 9.11. The fourth-order valence-corrected chi connectivity index (χ4v) is 2.72. The molecule has 0 bridgehead atoms. The SMILES string of the molecule is CC(C)c1noc([C@@H](C)N(C)Cc2ccc(-c3ccc(Br)cc3)o2)n1. The van der Waals surface area contributed by atoms with E-state index in [2.05, 4.69) is 51.7 Å². The van der Waals surface area contributed by atoms with Crippen LogP contribution < -0.4 is 0 Å². The quantitative estimate of drug-likeness (QED) is 0.550. The Hall–Kier alpha value is -1.92. The highest BCUT2D eigenvalue weighted by Gasteiger charge is 2.21. The molecule has 2 heterocycles. The summed E-state index contributed by atoms with van der Waals surface area (Å²) in [5.74, 6) is 3.39. The fraction of sp³-hybridized carbons (Fsp3) is 0.368. The molecule has 1 atom stereocenters. The first-order valence-electron chi connectivity index (χ1n) is 8.32. The molecule has 0 N–H and O–H groups in total. The Kier molecular flexibility index (Phi) is 5.39. The number of aromatic nitrogens is 2. The summed E-state index contributed by atoms with van der Waals surface area (Å²) in [5.41, 5.74) is 1.06. The largest absolute Gasteiger partial charge is 0.460 e. The summed E-state index contributed by atoms with van der Waals surface area (Å²) in [6.45, 7) is 6.82. The fourth-order valence-electron chi connectivity index (χ4n) is 2.45. The van der Waals surface area contributed by atoms with Crippen molar-refractivity contribution < 1.29 is 8.94 Å². The van der Waals surface area contributed by atoms with Crippen molar-refractivity contribution in [1.82, 2.24) is 15.0 Å². The molecule has 3 aromatic rings. The Balaban J connectivity index is 1.68. The minimum Gasteiger partial charge on any atom is -0.460 e. The van der Waals surface area contributed by atoms with Gasteiger partial charge >= 0.3 is 0 Å². The van der Waals surface area contributed by atoms with Crippen LogP contribution in [0, 0.1) is 0 Å². The van der Waals surface area contributed by atoms with E-state index in [-0.39, 0.29) is 12.0 Å². The lowest BCUT2D eigenvalue weighted by Gasteiger charge is -2.20. The maximum atomic E-state index is 5.99. The lowest BCUT2D eigenvalue weighted by atomic mass is 10.2. The standard InChI is InChI=1S/C19H22BrN3O2/c1-12(2)18-21-19(25-22-18)13(3)23(4)11-16-9-10-17(24-16)14-5-7-15(20)8-6-14/h5-10,12-13H,11H2,1-4H3/t13-/m1/s1. The van der Waals surface area contributed by atoms with E-state index in [0.29, 0.717) is 12.4 Å². The number of rotatable bonds is 6. The molecular weight excluding hydrogens is 382 g/mol. The lowest BCUT2D eigenvalue weighted by molar-refractivity contribution is 0.190. The Morgan fingerprint density at radius 1 is 1.08 bits per heavy atom. The zero-order valence-corrected chi connectivity index (χ0v) is 16.4. The van der Waals surface area contributed by atoms with Crippen molar-refractivity contribution in [3.05, 3.63) is 58.3 Å². The van der Waals surface area contributed by atoms with Gasteiger partial charge in [-0.15, -0.1) is 0 Å². The predicted octanol–water partition coefficient (Wildman–Crippen LogP) is 5.41. The van der Waals surface area contributed by atoms with Gasteiger partial charge in [-0.25, -0.2) is 0 Å². The van der Waals surface area contributed by atoms with Crippen molar-refractivity contribution in [3.8, 4) is 11.3 Å². The van der Waals surface area contributed by atoms with Gasteiger partial charge in [0.1, 0.15) is 11.5 Å². The predicted molar refractivity (Wildman–Crippen MR) is 100 cm³/mol. The third-order valence-corrected chi connectivity index (χ3v) is 4.72. The third-order valence-electron chi connectivity index (χ3n) is 4.19. The minimum absolute atomic E-state index is 0.0150. The molecule has 6 heteroatoms. The van der Waals surface area contributed by atoms with Crippen molar-refractivity contribution in [2.24, 2.45) is 0 Å². The first-order chi connectivity index (χ1) is 11.9. The molecule has 0 aliphatic heterocycles. The molecule has 132 valence electrons. The molecule has 0 amide bonds. The van der Waals surface area contributed by atoms with Crippen molar-refractivity contribution in [3.63, 3.8) is 0 Å². The number of nitrogens with zero attached hydrogens (tertiary/aromatic N) is 3. The number of hydrogen-bond donors (Lipinski definition) is 0. The number of furan rings is 1. The monoisotopic (exact) mass is 403 g/mol. The van der Waals surface area contributed by atoms with E-state index in [4.69, 9.17) is 8.94 Å². The second kappa shape index (κ2) is 7.54. The van der Waals surface area contributed by atoms with Gasteiger partial charge < -0.3 is 8.94 Å². The molecule has 0 unspecified atom stereocenters. The summed E-state index contributed by atoms with van der Waals surface area (Å²) in [7, 11) is 2.02. The summed E-state index contributed by atoms with van der Waals surface area (Å²) in [5, 5.41) is 4.04. The normalized spacial score (nSPS) is 12.9. The van der Waals surface area contributed by atoms with Crippen molar-refractivity contribution in [1.29, 1.82) is 0 Å². The van der Waals surface area contributed by atoms with Crippen molar-refractivity contribution >= 4 is 15.9 Å². The van der Waals surface area contributed by atoms with Gasteiger partial charge in [0.2, 0.25) is 5.89 Å². The van der Waals surface area contributed by atoms with Crippen LogP contribution in [0.5, 0.6) is 0 Å². The Labute approximate surface area is 156 Å². The van der Waals surface area contributed by atoms with Gasteiger partial charge in [-0.3, -0.25) is 4.90 Å². The second-order valence-corrected chi connectivity index (χ2v) is 7.43. The van der Waals surface area contributed by atoms with Crippen LogP contribution in [0.15, 0.2) is 49.8 Å². The first kappa shape index (κ1) is 17.9. The second-order valence-electron chi connectivity index (χ2n) is 6.51. The minimum atomic E-state index is 0.0150. The van der Waals surface area contributed by atoms with Crippen LogP contribution in [0.1, 0.15) is 50.2 Å². The van der Waals surface area contributed by atoms with Crippen LogP contribution in [0.2, 0.25) is 0 Å². The van der Waals surface area contributed by atoms with Crippen LogP contribution in [0.4, 0.5) is 0 Å². The van der Waals surface area contributed by atoms with Crippen LogP contribution in [0.25, 0.3) is 11.3 Å². The smallest absolute Gasteiger partial charge is 0.243 e. The van der Waals surface area contributed by atoms with E-state index in [1.54, 1.807) is 0 Å². The molecule has 2 aromatic heterocycles. The van der Waals surface area contributed by atoms with Gasteiger partial charge in [-0.05, 0) is 38.2 Å². The molecule has 0 aliphatic rings. The Morgan fingerprint density at radius 2 is 1.80 bits per heavy atom. The third kappa shape index (κ3) is 4.19. The Morgan fingerprint density at radius 3 is 2.44 bits per heavy atom. The van der Waals surface area contributed by atoms with Crippen molar-refractivity contribution in [2.75, 3.05) is 7.05 Å². The highest BCUT2D eigenvalue weighted by atomic mass is 79.9. The van der Waals surface area contributed by atoms with Gasteiger partial charge in [-0.1, -0.05) is 47.1 Å². The van der Waals surface area contributed by atoms with Crippen molar-refractivity contribution in [2.45, 2.75) is 39.3 Å². The van der Waals surface area contributed by atoms with Gasteiger partial charge in [0.05, 0.1) is 12.6 Å². The van der Waals surface area contributed by atoms with Crippen LogP contribution in [0.3, 0.4) is 0 Å². The van der Waals surface area contributed by atoms with E-state index in [0.717, 1.165) is 27.4 Å². The zero-order chi connectivity index (χ0) is 18.0. The molecule has 0 radical (unpaired) electrons. The highest BCUT2D eigenvalue weighted by Crippen LogP contribution is 2.26. The summed E-state index contributed by atoms with van der Waals surface area (Å²) >= 11 is 3.45. The number of benzene rings is 1. The zero-order valence-electron chi connectivity index (χ0n) is 14.9. The molecule has 0 saturated heterocycles. The van der Waals surface area contributed by atoms with Crippen LogP contribution in [-0.4, -0.2) is 22.1 Å². The topological polar surface area (TPSA) is 55.3 Å². The summed E-state index contributed by atoms with van der Waals surface area (Å²) in [4.78, 5) is 6.61. The van der Waals surface area contributed by atoms with Crippen LogP contribution in [-0.2, 0) is 6.54 Å². The van der Waals surface area contributed by atoms with Gasteiger partial charge in [-0.2, -0.15) is 4.98 Å². The average Bonchev–Trinajstić information content (AvgIpc) is 3.24. The molecule has 1 aromatic carbocycles. The number of hydrogen-bond acceptors (Lipinski definition) is 5. The average molecular weight is 404 g/mol. The van der Waals surface area contributed by atoms with Gasteiger partial charge in [0, 0.05) is 16.0 Å². The maximum Gasteiger partial charge on any atom is 0.243 e. The molecule has 0 fully saturated rings. The van der Waals surface area contributed by atoms with Gasteiger partial charge in [0.25, 0.3) is 0 Å². The van der Waals surface area contributed by atoms with E-state index in [9.17, 15) is 0 Å². The van der Waals surface area contributed by atoms with Gasteiger partial charge in [0.15, 0.2) is 5.82 Å². The van der Waals surface area contributed by atoms with E-state index in [1.165, 1.54) is 0 Å². The summed E-state index contributed by atoms with van der Waals surface area (Å²) in [6, 6.07) is 12.1. The van der Waals surface area contributed by atoms with Crippen LogP contribution >= 0.6 is 15.9 Å². The Bertz CT molecular complexity index is 823. The maximum absolute atomic E-state index is 5.99. The summed E-state index contributed by atoms with van der Waals surface area (Å²) in [6.07, 6.45) is 0. The molecule has 3 rings (SSSR count). The van der Waals surface area contributed by atoms with E-state index < -0.39 is 0 Å².